The average Bonchev–Trinajstić information content (AvgIpc) is 1.80. The summed E-state index contributed by atoms with van der Waals surface area (Å²) >= 11 is 0. The molecular weight excluding hydrogens is 112 g/mol. The van der Waals surface area contributed by atoms with Gasteiger partial charge in [-0.25, -0.2) is 4.99 Å². The minimum absolute atomic E-state index is 1.25. The molecule has 9 heavy (non-hydrogen) atoms. The molecule has 0 aromatic carbocycles. The van der Waals surface area contributed by atoms with Crippen LogP contribution in [-0.2, 0) is 0 Å². The monoisotopic (exact) mass is 124 g/mol. The average molecular weight is 124 g/mol. The zero-order valence-electron chi connectivity index (χ0n) is 5.83. The van der Waals surface area contributed by atoms with E-state index in [0.29, 0.717) is 0 Å². The van der Waals surface area contributed by atoms with Crippen LogP contribution in [0.2, 0.25) is 0 Å². The molecule has 0 atom stereocenters. The fourth-order valence-electron chi connectivity index (χ4n) is 0.335. The van der Waals surface area contributed by atoms with Crippen molar-refractivity contribution >= 4 is 6.34 Å². The molecule has 0 aliphatic rings. The smallest absolute Gasteiger partial charge is 0.0852 e. The zero-order chi connectivity index (χ0) is 7.11. The summed E-state index contributed by atoms with van der Waals surface area (Å²) in [5, 5.41) is 0. The molecule has 0 aromatic heterocycles. The van der Waals surface area contributed by atoms with Crippen molar-refractivity contribution in [2.24, 2.45) is 10.7 Å². The molecule has 0 radical (unpaired) electrons. The van der Waals surface area contributed by atoms with E-state index < -0.39 is 0 Å². The Kier molecular flexibility index (Phi) is 4.50. The van der Waals surface area contributed by atoms with Crippen molar-refractivity contribution in [1.29, 1.82) is 0 Å². The van der Waals surface area contributed by atoms with E-state index in [0.717, 1.165) is 0 Å². The summed E-state index contributed by atoms with van der Waals surface area (Å²) in [6, 6.07) is 0. The minimum atomic E-state index is 1.25. The highest BCUT2D eigenvalue weighted by Crippen LogP contribution is 1.88. The molecule has 0 unspecified atom stereocenters. The van der Waals surface area contributed by atoms with Crippen molar-refractivity contribution in [3.05, 3.63) is 23.9 Å². The second kappa shape index (κ2) is 5.09. The van der Waals surface area contributed by atoms with E-state index in [4.69, 9.17) is 5.73 Å². The van der Waals surface area contributed by atoms with E-state index in [9.17, 15) is 0 Å². The maximum atomic E-state index is 4.98. The molecule has 0 aromatic rings. The van der Waals surface area contributed by atoms with Crippen molar-refractivity contribution in [3.63, 3.8) is 0 Å². The van der Waals surface area contributed by atoms with Gasteiger partial charge in [-0.3, -0.25) is 0 Å². The molecule has 0 rings (SSSR count). The lowest BCUT2D eigenvalue weighted by atomic mass is 10.3. The quantitative estimate of drug-likeness (QED) is 0.338. The third kappa shape index (κ3) is 6.95. The number of rotatable bonds is 2. The van der Waals surface area contributed by atoms with E-state index in [2.05, 4.69) is 4.99 Å². The van der Waals surface area contributed by atoms with Crippen LogP contribution in [0, 0.1) is 0 Å². The summed E-state index contributed by atoms with van der Waals surface area (Å²) in [7, 11) is 0. The fourth-order valence-corrected chi connectivity index (χ4v) is 0.335. The molecule has 2 heteroatoms. The highest BCUT2D eigenvalue weighted by molar-refractivity contribution is 5.52. The molecule has 2 nitrogen and oxygen atoms in total. The number of allylic oxidation sites excluding steroid dienone is 3. The molecule has 0 heterocycles. The first-order chi connectivity index (χ1) is 4.27. The Bertz CT molecular complexity index is 139. The van der Waals surface area contributed by atoms with Crippen molar-refractivity contribution in [1.82, 2.24) is 0 Å². The van der Waals surface area contributed by atoms with Gasteiger partial charge >= 0.3 is 0 Å². The maximum Gasteiger partial charge on any atom is 0.0852 e. The second-order valence-corrected chi connectivity index (χ2v) is 1.88. The largest absolute Gasteiger partial charge is 0.390 e. The maximum absolute atomic E-state index is 4.98. The van der Waals surface area contributed by atoms with Gasteiger partial charge in [0.05, 0.1) is 6.34 Å². The summed E-state index contributed by atoms with van der Waals surface area (Å²) in [5.41, 5.74) is 6.23. The van der Waals surface area contributed by atoms with Crippen LogP contribution in [0.5, 0.6) is 0 Å². The number of hydrogen-bond donors (Lipinski definition) is 1. The molecule has 0 saturated heterocycles. The molecule has 0 aliphatic carbocycles. The lowest BCUT2D eigenvalue weighted by Gasteiger charge is -1.79. The van der Waals surface area contributed by atoms with Gasteiger partial charge in [0.1, 0.15) is 0 Å². The first kappa shape index (κ1) is 7.95. The summed E-state index contributed by atoms with van der Waals surface area (Å²) in [4.78, 5) is 3.67. The Labute approximate surface area is 55.8 Å². The lowest BCUT2D eigenvalue weighted by Crippen LogP contribution is -1.84. The Balaban J connectivity index is 3.60. The number of hydrogen-bond acceptors (Lipinski definition) is 1. The molecular formula is C7H12N2. The third-order valence-electron chi connectivity index (χ3n) is 0.688. The van der Waals surface area contributed by atoms with Gasteiger partial charge < -0.3 is 5.73 Å². The first-order valence-electron chi connectivity index (χ1n) is 2.81. The van der Waals surface area contributed by atoms with Crippen LogP contribution in [0.15, 0.2) is 28.9 Å². The summed E-state index contributed by atoms with van der Waals surface area (Å²) in [5.74, 6) is 0. The Morgan fingerprint density at radius 3 is 2.56 bits per heavy atom. The molecule has 0 saturated carbocycles. The lowest BCUT2D eigenvalue weighted by molar-refractivity contribution is 1.39. The van der Waals surface area contributed by atoms with Gasteiger partial charge in [0.15, 0.2) is 0 Å². The number of nitrogens with two attached hydrogens (primary N) is 1. The topological polar surface area (TPSA) is 38.4 Å². The predicted octanol–water partition coefficient (Wildman–Crippen LogP) is 1.45. The van der Waals surface area contributed by atoms with Crippen LogP contribution in [0.3, 0.4) is 0 Å². The van der Waals surface area contributed by atoms with Crippen LogP contribution in [0.1, 0.15) is 13.8 Å². The van der Waals surface area contributed by atoms with Crippen molar-refractivity contribution in [3.8, 4) is 0 Å². The predicted molar refractivity (Wildman–Crippen MR) is 41.3 cm³/mol. The van der Waals surface area contributed by atoms with Crippen LogP contribution >= 0.6 is 0 Å². The van der Waals surface area contributed by atoms with Crippen molar-refractivity contribution in [2.75, 3.05) is 0 Å². The molecule has 0 fully saturated rings. The highest BCUT2D eigenvalue weighted by atomic mass is 14.8. The summed E-state index contributed by atoms with van der Waals surface area (Å²) in [6.45, 7) is 4.05. The minimum Gasteiger partial charge on any atom is -0.390 e. The van der Waals surface area contributed by atoms with Gasteiger partial charge in [-0.15, -0.1) is 0 Å². The number of nitrogens with zero attached hydrogens (tertiary/aromatic N) is 1. The SMILES string of the molecule is CC(C)=C/C=C\N=CN. The summed E-state index contributed by atoms with van der Waals surface area (Å²) < 4.78 is 0. The van der Waals surface area contributed by atoms with Gasteiger partial charge in [0.2, 0.25) is 0 Å². The molecule has 0 bridgehead atoms. The molecule has 0 aliphatic heterocycles. The highest BCUT2D eigenvalue weighted by Gasteiger charge is 1.67. The second-order valence-electron chi connectivity index (χ2n) is 1.88. The molecule has 0 spiro atoms. The Morgan fingerprint density at radius 1 is 1.44 bits per heavy atom. The molecule has 0 amide bonds. The zero-order valence-corrected chi connectivity index (χ0v) is 5.83. The standard InChI is InChI=1S/C7H12N2/c1-7(2)4-3-5-9-6-8/h3-6H,1-2H3,(H2,8,9)/b5-3-. The fraction of sp³-hybridized carbons (Fsp3) is 0.286. The van der Waals surface area contributed by atoms with E-state index >= 15 is 0 Å². The van der Waals surface area contributed by atoms with Gasteiger partial charge in [-0.2, -0.15) is 0 Å². The summed E-state index contributed by atoms with van der Waals surface area (Å²) in [6.07, 6.45) is 6.72. The van der Waals surface area contributed by atoms with Crippen LogP contribution in [-0.4, -0.2) is 6.34 Å². The molecule has 50 valence electrons. The Hall–Kier alpha value is -1.05. The van der Waals surface area contributed by atoms with E-state index in [-0.39, 0.29) is 0 Å². The van der Waals surface area contributed by atoms with Gasteiger partial charge in [-0.1, -0.05) is 11.6 Å². The van der Waals surface area contributed by atoms with Crippen molar-refractivity contribution in [2.45, 2.75) is 13.8 Å². The Morgan fingerprint density at radius 2 is 2.11 bits per heavy atom. The third-order valence-corrected chi connectivity index (χ3v) is 0.688. The van der Waals surface area contributed by atoms with E-state index in [1.54, 1.807) is 6.20 Å². The van der Waals surface area contributed by atoms with Gasteiger partial charge in [-0.05, 0) is 19.9 Å². The number of aliphatic imine (C=N–C) groups is 1. The first-order valence-corrected chi connectivity index (χ1v) is 2.81. The van der Waals surface area contributed by atoms with E-state index in [1.165, 1.54) is 11.9 Å². The molecule has 2 N–H and O–H groups in total. The van der Waals surface area contributed by atoms with Crippen LogP contribution < -0.4 is 5.73 Å². The van der Waals surface area contributed by atoms with Crippen LogP contribution in [0.25, 0.3) is 0 Å². The van der Waals surface area contributed by atoms with Crippen LogP contribution in [0.4, 0.5) is 0 Å². The van der Waals surface area contributed by atoms with E-state index in [1.807, 2.05) is 26.0 Å². The normalized spacial score (nSPS) is 10.9. The van der Waals surface area contributed by atoms with Crippen molar-refractivity contribution < 1.29 is 0 Å². The van der Waals surface area contributed by atoms with Gasteiger partial charge in [0, 0.05) is 6.20 Å². The van der Waals surface area contributed by atoms with Gasteiger partial charge in [0.25, 0.3) is 0 Å².